The Morgan fingerprint density at radius 3 is 2.35 bits per heavy atom. The first kappa shape index (κ1) is 20.0. The zero-order chi connectivity index (χ0) is 19.2. The van der Waals surface area contributed by atoms with Gasteiger partial charge in [-0.2, -0.15) is 0 Å². The van der Waals surface area contributed by atoms with Crippen molar-refractivity contribution < 1.29 is 22.7 Å². The van der Waals surface area contributed by atoms with Crippen LogP contribution in [0.2, 0.25) is 5.02 Å². The van der Waals surface area contributed by atoms with Crippen molar-refractivity contribution in [2.75, 3.05) is 6.61 Å². The number of rotatable bonds is 8. The first-order valence-corrected chi connectivity index (χ1v) is 9.65. The van der Waals surface area contributed by atoms with E-state index in [1.807, 2.05) is 11.8 Å². The molecule has 0 unspecified atom stereocenters. The molecule has 0 aliphatic heterocycles. The molecule has 140 valence electrons. The van der Waals surface area contributed by atoms with E-state index in [1.54, 1.807) is 30.3 Å². The lowest BCUT2D eigenvalue weighted by atomic mass is 10.3. The number of benzene rings is 2. The van der Waals surface area contributed by atoms with Gasteiger partial charge in [0.05, 0.1) is 11.6 Å². The van der Waals surface area contributed by atoms with Crippen molar-refractivity contribution in [3.63, 3.8) is 0 Å². The van der Waals surface area contributed by atoms with Gasteiger partial charge in [0.2, 0.25) is 0 Å². The number of amides is 1. The van der Waals surface area contributed by atoms with Crippen LogP contribution < -0.4 is 19.7 Å². The lowest BCUT2D eigenvalue weighted by Crippen LogP contribution is -2.47. The standard InChI is InChI=1S/C17H19ClN2O5S/c1-3-24-13-8-10-14(11-9-13)25-12(2)17(21)19-20-26(22,23)16-7-5-4-6-15(16)18/h4-12,20H,3H2,1-2H3,(H,19,21)/t12-/m0/s1. The van der Waals surface area contributed by atoms with Gasteiger partial charge in [0, 0.05) is 0 Å². The number of halogens is 1. The van der Waals surface area contributed by atoms with Gasteiger partial charge in [-0.05, 0) is 50.2 Å². The summed E-state index contributed by atoms with van der Waals surface area (Å²) in [4.78, 5) is 13.9. The monoisotopic (exact) mass is 398 g/mol. The summed E-state index contributed by atoms with van der Waals surface area (Å²) < 4.78 is 35.1. The van der Waals surface area contributed by atoms with Crippen LogP contribution in [-0.4, -0.2) is 27.0 Å². The number of ether oxygens (including phenoxy) is 2. The third-order valence-corrected chi connectivity index (χ3v) is 5.00. The molecule has 0 saturated carbocycles. The fourth-order valence-corrected chi connectivity index (χ4v) is 3.34. The third kappa shape index (κ3) is 5.35. The molecule has 0 spiro atoms. The van der Waals surface area contributed by atoms with E-state index in [2.05, 4.69) is 5.43 Å². The summed E-state index contributed by atoms with van der Waals surface area (Å²) in [5, 5.41) is 0.0490. The second-order valence-corrected chi connectivity index (χ2v) is 7.25. The van der Waals surface area contributed by atoms with Crippen LogP contribution in [0.5, 0.6) is 11.5 Å². The highest BCUT2D eigenvalue weighted by Crippen LogP contribution is 2.20. The first-order chi connectivity index (χ1) is 12.3. The Hall–Kier alpha value is -2.29. The lowest BCUT2D eigenvalue weighted by Gasteiger charge is -2.16. The van der Waals surface area contributed by atoms with Gasteiger partial charge in [-0.15, -0.1) is 4.83 Å². The second-order valence-electron chi connectivity index (χ2n) is 5.19. The Kier molecular flexibility index (Phi) is 6.84. The molecule has 2 N–H and O–H groups in total. The highest BCUT2D eigenvalue weighted by Gasteiger charge is 2.21. The third-order valence-electron chi connectivity index (χ3n) is 3.25. The van der Waals surface area contributed by atoms with E-state index in [9.17, 15) is 13.2 Å². The highest BCUT2D eigenvalue weighted by molar-refractivity contribution is 7.89. The summed E-state index contributed by atoms with van der Waals surface area (Å²) in [6.45, 7) is 3.92. The predicted octanol–water partition coefficient (Wildman–Crippen LogP) is 2.52. The van der Waals surface area contributed by atoms with Gasteiger partial charge in [0.25, 0.3) is 15.9 Å². The fraction of sp³-hybridized carbons (Fsp3) is 0.235. The van der Waals surface area contributed by atoms with E-state index < -0.39 is 22.0 Å². The fourth-order valence-electron chi connectivity index (χ4n) is 1.98. The molecule has 0 aliphatic carbocycles. The van der Waals surface area contributed by atoms with Crippen LogP contribution in [0.25, 0.3) is 0 Å². The number of hydrazine groups is 1. The van der Waals surface area contributed by atoms with Crippen molar-refractivity contribution in [2.24, 2.45) is 0 Å². The van der Waals surface area contributed by atoms with E-state index in [4.69, 9.17) is 21.1 Å². The van der Waals surface area contributed by atoms with Crippen LogP contribution in [0.3, 0.4) is 0 Å². The molecule has 26 heavy (non-hydrogen) atoms. The Morgan fingerprint density at radius 1 is 1.12 bits per heavy atom. The summed E-state index contributed by atoms with van der Waals surface area (Å²) in [6, 6.07) is 12.6. The minimum atomic E-state index is -3.99. The maximum atomic E-state index is 12.2. The summed E-state index contributed by atoms with van der Waals surface area (Å²) in [5.74, 6) is 0.476. The maximum Gasteiger partial charge on any atom is 0.275 e. The van der Waals surface area contributed by atoms with Crippen molar-refractivity contribution in [3.05, 3.63) is 53.6 Å². The molecular formula is C17H19ClN2O5S. The van der Waals surface area contributed by atoms with Gasteiger partial charge in [0.1, 0.15) is 16.4 Å². The van der Waals surface area contributed by atoms with E-state index in [1.165, 1.54) is 25.1 Å². The summed E-state index contributed by atoms with van der Waals surface area (Å²) in [5.41, 5.74) is 2.12. The zero-order valence-corrected chi connectivity index (χ0v) is 15.8. The van der Waals surface area contributed by atoms with E-state index in [0.29, 0.717) is 18.1 Å². The normalized spacial score (nSPS) is 12.3. The smallest absolute Gasteiger partial charge is 0.275 e. The molecule has 0 aromatic heterocycles. The Morgan fingerprint density at radius 2 is 1.73 bits per heavy atom. The molecule has 2 aromatic rings. The lowest BCUT2D eigenvalue weighted by molar-refractivity contribution is -0.127. The second kappa shape index (κ2) is 8.88. The Bertz CT molecular complexity index is 856. The molecule has 1 amide bonds. The minimum Gasteiger partial charge on any atom is -0.494 e. The van der Waals surface area contributed by atoms with Crippen LogP contribution in [0.4, 0.5) is 0 Å². The number of nitrogens with one attached hydrogen (secondary N) is 2. The molecule has 2 aromatic carbocycles. The van der Waals surface area contributed by atoms with Crippen LogP contribution >= 0.6 is 11.6 Å². The van der Waals surface area contributed by atoms with Gasteiger partial charge in [-0.1, -0.05) is 23.7 Å². The molecule has 0 saturated heterocycles. The van der Waals surface area contributed by atoms with Crippen LogP contribution in [0.1, 0.15) is 13.8 Å². The van der Waals surface area contributed by atoms with Crippen molar-refractivity contribution in [1.29, 1.82) is 0 Å². The number of carbonyl (C=O) groups excluding carboxylic acids is 1. The summed E-state index contributed by atoms with van der Waals surface area (Å²) >= 11 is 5.86. The number of hydrogen-bond donors (Lipinski definition) is 2. The SMILES string of the molecule is CCOc1ccc(O[C@@H](C)C(=O)NNS(=O)(=O)c2ccccc2Cl)cc1. The molecule has 2 rings (SSSR count). The van der Waals surface area contributed by atoms with Gasteiger partial charge >= 0.3 is 0 Å². The Balaban J connectivity index is 1.93. The average Bonchev–Trinajstić information content (AvgIpc) is 2.62. The van der Waals surface area contributed by atoms with Gasteiger partial charge in [0.15, 0.2) is 6.10 Å². The molecule has 0 fully saturated rings. The van der Waals surface area contributed by atoms with Crippen LogP contribution in [0, 0.1) is 0 Å². The maximum absolute atomic E-state index is 12.2. The van der Waals surface area contributed by atoms with Crippen molar-refractivity contribution in [3.8, 4) is 11.5 Å². The average molecular weight is 399 g/mol. The minimum absolute atomic E-state index is 0.0490. The number of hydrogen-bond acceptors (Lipinski definition) is 5. The highest BCUT2D eigenvalue weighted by atomic mass is 35.5. The van der Waals surface area contributed by atoms with E-state index in [0.717, 1.165) is 0 Å². The predicted molar refractivity (Wildman–Crippen MR) is 97.6 cm³/mol. The quantitative estimate of drug-likeness (QED) is 0.666. The van der Waals surface area contributed by atoms with Crippen molar-refractivity contribution >= 4 is 27.5 Å². The first-order valence-electron chi connectivity index (χ1n) is 7.79. The zero-order valence-electron chi connectivity index (χ0n) is 14.2. The number of carbonyl (C=O) groups is 1. The van der Waals surface area contributed by atoms with Gasteiger partial charge in [-0.3, -0.25) is 10.2 Å². The molecular weight excluding hydrogens is 380 g/mol. The van der Waals surface area contributed by atoms with E-state index >= 15 is 0 Å². The molecule has 1 atom stereocenters. The largest absolute Gasteiger partial charge is 0.494 e. The van der Waals surface area contributed by atoms with Gasteiger partial charge < -0.3 is 9.47 Å². The molecule has 9 heteroatoms. The van der Waals surface area contributed by atoms with Crippen LogP contribution in [0.15, 0.2) is 53.4 Å². The number of sulfonamides is 1. The topological polar surface area (TPSA) is 93.7 Å². The Labute approximate surface area is 157 Å². The molecule has 0 aliphatic rings. The molecule has 0 heterocycles. The van der Waals surface area contributed by atoms with Crippen molar-refractivity contribution in [2.45, 2.75) is 24.8 Å². The van der Waals surface area contributed by atoms with Gasteiger partial charge in [-0.25, -0.2) is 8.42 Å². The van der Waals surface area contributed by atoms with Crippen LogP contribution in [-0.2, 0) is 14.8 Å². The molecule has 7 nitrogen and oxygen atoms in total. The molecule has 0 bridgehead atoms. The summed E-state index contributed by atoms with van der Waals surface area (Å²) in [7, 11) is -3.99. The van der Waals surface area contributed by atoms with E-state index in [-0.39, 0.29) is 9.92 Å². The summed E-state index contributed by atoms with van der Waals surface area (Å²) in [6.07, 6.45) is -0.929. The van der Waals surface area contributed by atoms with Crippen molar-refractivity contribution in [1.82, 2.24) is 10.3 Å². The molecule has 0 radical (unpaired) electrons.